The first kappa shape index (κ1) is 23.2. The van der Waals surface area contributed by atoms with Gasteiger partial charge in [0.2, 0.25) is 0 Å². The molecule has 0 radical (unpaired) electrons. The van der Waals surface area contributed by atoms with Gasteiger partial charge in [0.25, 0.3) is 0 Å². The Morgan fingerprint density at radius 1 is 1.11 bits per heavy atom. The monoisotopic (exact) mass is 404 g/mol. The molecule has 1 unspecified atom stereocenters. The molecule has 4 nitrogen and oxygen atoms in total. The summed E-state index contributed by atoms with van der Waals surface area (Å²) in [6.45, 7) is 7.26. The fourth-order valence-corrected chi connectivity index (χ4v) is 3.25. The molecule has 1 aromatic rings. The minimum Gasteiger partial charge on any atom is -0.432 e. The van der Waals surface area contributed by atoms with Crippen LogP contribution in [0.15, 0.2) is 18.9 Å². The summed E-state index contributed by atoms with van der Waals surface area (Å²) >= 11 is 0. The number of esters is 2. The third-order valence-corrected chi connectivity index (χ3v) is 4.48. The van der Waals surface area contributed by atoms with Gasteiger partial charge in [-0.25, -0.2) is 9.59 Å². The van der Waals surface area contributed by atoms with E-state index in [0.717, 1.165) is 31.1 Å². The molecule has 0 aliphatic heterocycles. The standard InChI is InChI=1S/C19H24F3O4P/c1-4-7-9-12-13(10-8-5-2)16(18(24)25-6-3)14(11-15(12)27)17(23)26-19(20,21)22/h6,11H,3-5,7-10,27H2,1-2H3. The van der Waals surface area contributed by atoms with E-state index in [1.165, 1.54) is 6.07 Å². The maximum absolute atomic E-state index is 12.5. The highest BCUT2D eigenvalue weighted by Crippen LogP contribution is 2.27. The van der Waals surface area contributed by atoms with Gasteiger partial charge < -0.3 is 9.47 Å². The second-order valence-electron chi connectivity index (χ2n) is 5.96. The van der Waals surface area contributed by atoms with Crippen LogP contribution in [0, 0.1) is 0 Å². The maximum Gasteiger partial charge on any atom is 0.575 e. The number of rotatable bonds is 9. The van der Waals surface area contributed by atoms with Crippen molar-refractivity contribution in [3.63, 3.8) is 0 Å². The third-order valence-electron chi connectivity index (χ3n) is 3.97. The van der Waals surface area contributed by atoms with E-state index in [9.17, 15) is 22.8 Å². The van der Waals surface area contributed by atoms with Crippen molar-refractivity contribution < 1.29 is 32.2 Å². The van der Waals surface area contributed by atoms with Crippen LogP contribution < -0.4 is 5.30 Å². The largest absolute Gasteiger partial charge is 0.575 e. The Morgan fingerprint density at radius 3 is 2.15 bits per heavy atom. The summed E-state index contributed by atoms with van der Waals surface area (Å²) in [5, 5.41) is 0.568. The number of ether oxygens (including phenoxy) is 2. The molecule has 1 aromatic carbocycles. The van der Waals surface area contributed by atoms with Crippen LogP contribution in [0.4, 0.5) is 13.2 Å². The lowest BCUT2D eigenvalue weighted by Crippen LogP contribution is -2.25. The molecule has 0 aliphatic carbocycles. The molecule has 0 fully saturated rings. The Hall–Kier alpha value is -1.88. The van der Waals surface area contributed by atoms with Gasteiger partial charge in [-0.1, -0.05) is 33.3 Å². The zero-order valence-electron chi connectivity index (χ0n) is 15.4. The van der Waals surface area contributed by atoms with Crippen LogP contribution in [-0.4, -0.2) is 18.3 Å². The molecule has 0 heterocycles. The summed E-state index contributed by atoms with van der Waals surface area (Å²) < 4.78 is 46.0. The number of alkyl halides is 3. The molecular formula is C19H24F3O4P. The Labute approximate surface area is 159 Å². The van der Waals surface area contributed by atoms with E-state index in [1.54, 1.807) is 0 Å². The number of hydrogen-bond donors (Lipinski definition) is 0. The van der Waals surface area contributed by atoms with Crippen LogP contribution in [-0.2, 0) is 22.3 Å². The number of halogens is 3. The summed E-state index contributed by atoms with van der Waals surface area (Å²) in [5.41, 5.74) is 0.707. The normalized spacial score (nSPS) is 11.2. The maximum atomic E-state index is 12.5. The van der Waals surface area contributed by atoms with Crippen LogP contribution in [0.5, 0.6) is 0 Å². The van der Waals surface area contributed by atoms with E-state index < -0.39 is 23.9 Å². The van der Waals surface area contributed by atoms with Crippen LogP contribution in [0.3, 0.4) is 0 Å². The van der Waals surface area contributed by atoms with Gasteiger partial charge >= 0.3 is 18.3 Å². The number of carbonyl (C=O) groups excluding carboxylic acids is 2. The van der Waals surface area contributed by atoms with Crippen LogP contribution in [0.2, 0.25) is 0 Å². The molecule has 0 bridgehead atoms. The average molecular weight is 404 g/mol. The summed E-state index contributed by atoms with van der Waals surface area (Å²) in [4.78, 5) is 24.6. The molecule has 150 valence electrons. The molecular weight excluding hydrogens is 380 g/mol. The number of unbranched alkanes of at least 4 members (excludes halogenated alkanes) is 2. The molecule has 0 saturated heterocycles. The Balaban J connectivity index is 3.64. The van der Waals surface area contributed by atoms with Gasteiger partial charge in [0.1, 0.15) is 0 Å². The minimum atomic E-state index is -5.15. The van der Waals surface area contributed by atoms with E-state index in [-0.39, 0.29) is 5.56 Å². The molecule has 8 heteroatoms. The van der Waals surface area contributed by atoms with E-state index in [4.69, 9.17) is 4.74 Å². The zero-order chi connectivity index (χ0) is 20.6. The first-order chi connectivity index (χ1) is 12.7. The molecule has 0 aliphatic rings. The minimum absolute atomic E-state index is 0.185. The zero-order valence-corrected chi connectivity index (χ0v) is 16.6. The Bertz CT molecular complexity index is 699. The van der Waals surface area contributed by atoms with Crippen molar-refractivity contribution in [1.82, 2.24) is 0 Å². The van der Waals surface area contributed by atoms with E-state index >= 15 is 0 Å². The van der Waals surface area contributed by atoms with Crippen molar-refractivity contribution >= 4 is 26.5 Å². The highest BCUT2D eigenvalue weighted by molar-refractivity contribution is 7.27. The topological polar surface area (TPSA) is 52.6 Å². The number of benzene rings is 1. The van der Waals surface area contributed by atoms with E-state index in [1.807, 2.05) is 13.8 Å². The van der Waals surface area contributed by atoms with Gasteiger partial charge in [-0.15, -0.1) is 22.4 Å². The van der Waals surface area contributed by atoms with Gasteiger partial charge in [0.05, 0.1) is 17.4 Å². The van der Waals surface area contributed by atoms with Crippen molar-refractivity contribution in [3.05, 3.63) is 41.2 Å². The lowest BCUT2D eigenvalue weighted by Gasteiger charge is -2.20. The van der Waals surface area contributed by atoms with Crippen LogP contribution in [0.1, 0.15) is 71.4 Å². The fraction of sp³-hybridized carbons (Fsp3) is 0.474. The highest BCUT2D eigenvalue weighted by atomic mass is 31.0. The van der Waals surface area contributed by atoms with Gasteiger partial charge in [0, 0.05) is 0 Å². The summed E-state index contributed by atoms with van der Waals surface area (Å²) in [7, 11) is 2.43. The molecule has 27 heavy (non-hydrogen) atoms. The Kier molecular flexibility index (Phi) is 8.97. The molecule has 0 saturated carbocycles. The second-order valence-corrected chi connectivity index (χ2v) is 6.58. The smallest absolute Gasteiger partial charge is 0.432 e. The summed E-state index contributed by atoms with van der Waals surface area (Å²) in [6, 6.07) is 1.23. The number of hydrogen-bond acceptors (Lipinski definition) is 4. The third kappa shape index (κ3) is 6.65. The van der Waals surface area contributed by atoms with Crippen molar-refractivity contribution in [2.45, 2.75) is 58.7 Å². The van der Waals surface area contributed by atoms with Gasteiger partial charge in [-0.2, -0.15) is 0 Å². The van der Waals surface area contributed by atoms with E-state index in [0.29, 0.717) is 30.1 Å². The van der Waals surface area contributed by atoms with Gasteiger partial charge in [-0.3, -0.25) is 0 Å². The molecule has 0 spiro atoms. The molecule has 1 rings (SSSR count). The second kappa shape index (κ2) is 10.5. The molecule has 0 N–H and O–H groups in total. The van der Waals surface area contributed by atoms with E-state index in [2.05, 4.69) is 20.6 Å². The molecule has 0 aromatic heterocycles. The lowest BCUT2D eigenvalue weighted by molar-refractivity contribution is -0.291. The Morgan fingerprint density at radius 2 is 1.67 bits per heavy atom. The van der Waals surface area contributed by atoms with Crippen molar-refractivity contribution in [2.24, 2.45) is 0 Å². The van der Waals surface area contributed by atoms with Crippen molar-refractivity contribution in [3.8, 4) is 0 Å². The predicted octanol–water partition coefficient (Wildman–Crippen LogP) is 4.85. The molecule has 0 amide bonds. The summed E-state index contributed by atoms with van der Waals surface area (Å²) in [5.74, 6) is -2.56. The molecule has 1 atom stereocenters. The van der Waals surface area contributed by atoms with Gasteiger partial charge in [0.15, 0.2) is 0 Å². The van der Waals surface area contributed by atoms with Crippen LogP contribution in [0.25, 0.3) is 0 Å². The highest BCUT2D eigenvalue weighted by Gasteiger charge is 2.37. The van der Waals surface area contributed by atoms with Crippen molar-refractivity contribution in [2.75, 3.05) is 0 Å². The first-order valence-corrected chi connectivity index (χ1v) is 9.30. The SMILES string of the molecule is C=COC(=O)c1c(C(=O)OC(F)(F)F)cc(P)c(CCCC)c1CCCC. The van der Waals surface area contributed by atoms with Crippen LogP contribution >= 0.6 is 9.24 Å². The lowest BCUT2D eigenvalue weighted by atomic mass is 9.89. The average Bonchev–Trinajstić information content (AvgIpc) is 2.57. The van der Waals surface area contributed by atoms with Crippen molar-refractivity contribution in [1.29, 1.82) is 0 Å². The summed E-state index contributed by atoms with van der Waals surface area (Å²) in [6.07, 6.45) is 0.0583. The van der Waals surface area contributed by atoms with Gasteiger partial charge in [-0.05, 0) is 48.2 Å². The number of carbonyl (C=O) groups is 2. The fourth-order valence-electron chi connectivity index (χ4n) is 2.77. The quantitative estimate of drug-likeness (QED) is 0.336. The first-order valence-electron chi connectivity index (χ1n) is 8.72. The predicted molar refractivity (Wildman–Crippen MR) is 100 cm³/mol.